The molecule has 3 rings (SSSR count). The molecule has 0 radical (unpaired) electrons. The lowest BCUT2D eigenvalue weighted by Crippen LogP contribution is -2.37. The number of aromatic nitrogens is 1. The Balaban J connectivity index is 0.00000208. The van der Waals surface area contributed by atoms with Gasteiger partial charge in [-0.05, 0) is 43.2 Å². The molecule has 0 aliphatic carbocycles. The van der Waals surface area contributed by atoms with Crippen molar-refractivity contribution in [3.63, 3.8) is 0 Å². The van der Waals surface area contributed by atoms with Crippen molar-refractivity contribution in [1.82, 2.24) is 9.88 Å². The Kier molecular flexibility index (Phi) is 5.99. The van der Waals surface area contributed by atoms with Gasteiger partial charge < -0.3 is 10.2 Å². The summed E-state index contributed by atoms with van der Waals surface area (Å²) in [5.74, 6) is 0. The lowest BCUT2D eigenvalue weighted by atomic mass is 10.0. The minimum absolute atomic E-state index is 0. The van der Waals surface area contributed by atoms with Crippen molar-refractivity contribution in [3.8, 4) is 0 Å². The van der Waals surface area contributed by atoms with Crippen molar-refractivity contribution in [2.75, 3.05) is 18.4 Å². The van der Waals surface area contributed by atoms with E-state index >= 15 is 0 Å². The molecule has 1 aliphatic heterocycles. The van der Waals surface area contributed by atoms with Gasteiger partial charge in [0.1, 0.15) is 0 Å². The van der Waals surface area contributed by atoms with E-state index in [0.29, 0.717) is 18.1 Å². The standard InChI is InChI=1S/C18H18ClN3O.CH4/c1-13-4-6-15(7-5-13)21-18(23)22-11-8-14(9-12-22)17-16(19)3-2-10-20-17;/h2-8,10H,9,11-12H2,1H3,(H,21,23);1H4. The van der Waals surface area contributed by atoms with Crippen molar-refractivity contribution in [1.29, 1.82) is 0 Å². The highest BCUT2D eigenvalue weighted by Crippen LogP contribution is 2.26. The number of urea groups is 1. The van der Waals surface area contributed by atoms with Gasteiger partial charge in [-0.25, -0.2) is 4.79 Å². The number of carbonyl (C=O) groups is 1. The molecular weight excluding hydrogens is 322 g/mol. The number of anilines is 1. The number of aryl methyl sites for hydroxylation is 1. The normalized spacial score (nSPS) is 13.8. The highest BCUT2D eigenvalue weighted by atomic mass is 35.5. The molecule has 1 aliphatic rings. The van der Waals surface area contributed by atoms with E-state index in [0.717, 1.165) is 23.4 Å². The minimum atomic E-state index is -0.0868. The Morgan fingerprint density at radius 1 is 1.25 bits per heavy atom. The molecule has 5 heteroatoms. The van der Waals surface area contributed by atoms with Crippen LogP contribution in [0, 0.1) is 6.92 Å². The van der Waals surface area contributed by atoms with Crippen LogP contribution in [0.2, 0.25) is 5.02 Å². The fraction of sp³-hybridized carbons (Fsp3) is 0.263. The number of hydrogen-bond donors (Lipinski definition) is 1. The van der Waals surface area contributed by atoms with Gasteiger partial charge in [-0.3, -0.25) is 4.98 Å². The van der Waals surface area contributed by atoms with E-state index in [2.05, 4.69) is 10.3 Å². The Bertz CT molecular complexity index is 741. The third-order valence-electron chi connectivity index (χ3n) is 3.86. The summed E-state index contributed by atoms with van der Waals surface area (Å²) < 4.78 is 0. The van der Waals surface area contributed by atoms with Crippen LogP contribution < -0.4 is 5.32 Å². The molecule has 0 bridgehead atoms. The van der Waals surface area contributed by atoms with Gasteiger partial charge in [-0.1, -0.05) is 42.8 Å². The van der Waals surface area contributed by atoms with Crippen LogP contribution in [0.25, 0.3) is 5.57 Å². The first-order valence-corrected chi connectivity index (χ1v) is 7.94. The lowest BCUT2D eigenvalue weighted by molar-refractivity contribution is 0.217. The summed E-state index contributed by atoms with van der Waals surface area (Å²) in [5, 5.41) is 3.57. The predicted molar refractivity (Wildman–Crippen MR) is 100 cm³/mol. The molecule has 1 N–H and O–H groups in total. The van der Waals surface area contributed by atoms with Crippen LogP contribution in [0.5, 0.6) is 0 Å². The summed E-state index contributed by atoms with van der Waals surface area (Å²) >= 11 is 6.18. The highest BCUT2D eigenvalue weighted by molar-refractivity contribution is 6.32. The number of carbonyl (C=O) groups excluding carboxylic acids is 1. The van der Waals surface area contributed by atoms with Crippen molar-refractivity contribution in [3.05, 3.63) is 65.0 Å². The topological polar surface area (TPSA) is 45.2 Å². The fourth-order valence-electron chi connectivity index (χ4n) is 2.53. The molecule has 0 fully saturated rings. The smallest absolute Gasteiger partial charge is 0.320 e. The van der Waals surface area contributed by atoms with Gasteiger partial charge in [-0.15, -0.1) is 0 Å². The van der Waals surface area contributed by atoms with Crippen LogP contribution in [0.4, 0.5) is 10.5 Å². The monoisotopic (exact) mass is 343 g/mol. The number of amides is 2. The molecule has 1 aromatic heterocycles. The zero-order chi connectivity index (χ0) is 16.2. The molecule has 2 heterocycles. The summed E-state index contributed by atoms with van der Waals surface area (Å²) in [7, 11) is 0. The summed E-state index contributed by atoms with van der Waals surface area (Å²) in [6.07, 6.45) is 4.50. The number of hydrogen-bond acceptors (Lipinski definition) is 2. The van der Waals surface area contributed by atoms with Crippen LogP contribution in [0.15, 0.2) is 48.7 Å². The van der Waals surface area contributed by atoms with Gasteiger partial charge in [0.15, 0.2) is 0 Å². The maximum absolute atomic E-state index is 12.3. The molecular formula is C19H22ClN3O. The number of halogens is 1. The SMILES string of the molecule is C.Cc1ccc(NC(=O)N2CC=C(c3ncccc3Cl)CC2)cc1. The molecule has 0 spiro atoms. The summed E-state index contributed by atoms with van der Waals surface area (Å²) in [4.78, 5) is 18.4. The van der Waals surface area contributed by atoms with Crippen molar-refractivity contribution >= 4 is 28.9 Å². The molecule has 4 nitrogen and oxygen atoms in total. The van der Waals surface area contributed by atoms with E-state index in [1.165, 1.54) is 5.56 Å². The maximum Gasteiger partial charge on any atom is 0.322 e. The second-order valence-electron chi connectivity index (χ2n) is 5.56. The predicted octanol–water partition coefficient (Wildman–Crippen LogP) is 5.00. The zero-order valence-electron chi connectivity index (χ0n) is 12.9. The third kappa shape index (κ3) is 4.15. The number of benzene rings is 1. The summed E-state index contributed by atoms with van der Waals surface area (Å²) in [6, 6.07) is 11.3. The lowest BCUT2D eigenvalue weighted by Gasteiger charge is -2.26. The van der Waals surface area contributed by atoms with Crippen LogP contribution in [0.3, 0.4) is 0 Å². The molecule has 0 saturated carbocycles. The van der Waals surface area contributed by atoms with Crippen LogP contribution in [-0.4, -0.2) is 29.0 Å². The first-order valence-electron chi connectivity index (χ1n) is 7.56. The van der Waals surface area contributed by atoms with Gasteiger partial charge in [-0.2, -0.15) is 0 Å². The van der Waals surface area contributed by atoms with E-state index in [1.807, 2.05) is 49.4 Å². The summed E-state index contributed by atoms with van der Waals surface area (Å²) in [6.45, 7) is 3.22. The van der Waals surface area contributed by atoms with Gasteiger partial charge in [0.05, 0.1) is 10.7 Å². The number of rotatable bonds is 2. The van der Waals surface area contributed by atoms with Crippen LogP contribution in [0.1, 0.15) is 25.1 Å². The molecule has 24 heavy (non-hydrogen) atoms. The van der Waals surface area contributed by atoms with Crippen molar-refractivity contribution in [2.24, 2.45) is 0 Å². The highest BCUT2D eigenvalue weighted by Gasteiger charge is 2.19. The van der Waals surface area contributed by atoms with E-state index in [-0.39, 0.29) is 13.5 Å². The van der Waals surface area contributed by atoms with Crippen LogP contribution in [-0.2, 0) is 0 Å². The van der Waals surface area contributed by atoms with Crippen molar-refractivity contribution in [2.45, 2.75) is 20.8 Å². The van der Waals surface area contributed by atoms with Gasteiger partial charge in [0, 0.05) is 25.0 Å². The Morgan fingerprint density at radius 3 is 2.62 bits per heavy atom. The molecule has 0 atom stereocenters. The average Bonchev–Trinajstić information content (AvgIpc) is 2.57. The van der Waals surface area contributed by atoms with E-state index in [4.69, 9.17) is 11.6 Å². The van der Waals surface area contributed by atoms with Gasteiger partial charge >= 0.3 is 6.03 Å². The quantitative estimate of drug-likeness (QED) is 0.833. The first kappa shape index (κ1) is 18.0. The number of nitrogens with one attached hydrogen (secondary N) is 1. The second-order valence-corrected chi connectivity index (χ2v) is 5.96. The molecule has 0 saturated heterocycles. The van der Waals surface area contributed by atoms with E-state index in [1.54, 1.807) is 11.1 Å². The number of pyridine rings is 1. The molecule has 2 amide bonds. The van der Waals surface area contributed by atoms with Gasteiger partial charge in [0.2, 0.25) is 0 Å². The molecule has 0 unspecified atom stereocenters. The van der Waals surface area contributed by atoms with E-state index in [9.17, 15) is 4.79 Å². The molecule has 126 valence electrons. The third-order valence-corrected chi connectivity index (χ3v) is 4.17. The van der Waals surface area contributed by atoms with Crippen LogP contribution >= 0.6 is 11.6 Å². The number of nitrogens with zero attached hydrogens (tertiary/aromatic N) is 2. The van der Waals surface area contributed by atoms with Gasteiger partial charge in [0.25, 0.3) is 0 Å². The summed E-state index contributed by atoms with van der Waals surface area (Å²) in [5.41, 5.74) is 3.88. The van der Waals surface area contributed by atoms with E-state index < -0.39 is 0 Å². The largest absolute Gasteiger partial charge is 0.322 e. The maximum atomic E-state index is 12.3. The minimum Gasteiger partial charge on any atom is -0.320 e. The molecule has 1 aromatic carbocycles. The average molecular weight is 344 g/mol. The fourth-order valence-corrected chi connectivity index (χ4v) is 2.77. The first-order chi connectivity index (χ1) is 11.1. The zero-order valence-corrected chi connectivity index (χ0v) is 13.7. The van der Waals surface area contributed by atoms with Crippen molar-refractivity contribution < 1.29 is 4.79 Å². The Hall–Kier alpha value is -2.33. The Labute approximate surface area is 148 Å². The second kappa shape index (κ2) is 7.97. The Morgan fingerprint density at radius 2 is 2.00 bits per heavy atom. The molecule has 2 aromatic rings.